The summed E-state index contributed by atoms with van der Waals surface area (Å²) in [4.78, 5) is 11.9. The van der Waals surface area contributed by atoms with Gasteiger partial charge in [-0.1, -0.05) is 0 Å². The van der Waals surface area contributed by atoms with Gasteiger partial charge in [-0.3, -0.25) is 0 Å². The smallest absolute Gasteiger partial charge is 0.215 e. The second-order valence-electron chi connectivity index (χ2n) is 3.92. The second-order valence-corrected chi connectivity index (χ2v) is 3.92. The van der Waals surface area contributed by atoms with Crippen LogP contribution in [0.4, 0.5) is 0 Å². The molecule has 5 heteroatoms. The number of methoxy groups -OCH3 is 1. The van der Waals surface area contributed by atoms with Crippen molar-refractivity contribution < 1.29 is 4.74 Å². The topological polar surface area (TPSA) is 76.8 Å². The minimum Gasteiger partial charge on any atom is -0.481 e. The number of ether oxygens (including phenoxy) is 1. The molecule has 2 aromatic rings. The van der Waals surface area contributed by atoms with Crippen molar-refractivity contribution in [3.05, 3.63) is 18.0 Å². The van der Waals surface area contributed by atoms with E-state index in [1.807, 2.05) is 19.1 Å². The van der Waals surface area contributed by atoms with Gasteiger partial charge in [0.15, 0.2) is 5.65 Å². The molecule has 0 spiro atoms. The van der Waals surface area contributed by atoms with Crippen molar-refractivity contribution in [2.75, 3.05) is 7.11 Å². The first-order chi connectivity index (χ1) is 7.69. The Morgan fingerprint density at radius 1 is 1.44 bits per heavy atom. The fourth-order valence-electron chi connectivity index (χ4n) is 1.52. The van der Waals surface area contributed by atoms with E-state index in [-0.39, 0.29) is 6.04 Å². The Labute approximate surface area is 94.0 Å². The van der Waals surface area contributed by atoms with Crippen LogP contribution in [0.5, 0.6) is 5.88 Å². The third kappa shape index (κ3) is 2.30. The molecule has 86 valence electrons. The van der Waals surface area contributed by atoms with Gasteiger partial charge >= 0.3 is 0 Å². The third-order valence-electron chi connectivity index (χ3n) is 2.42. The van der Waals surface area contributed by atoms with Crippen molar-refractivity contribution >= 4 is 11.2 Å². The molecule has 2 aromatic heterocycles. The van der Waals surface area contributed by atoms with E-state index in [2.05, 4.69) is 15.0 Å². The maximum atomic E-state index is 5.70. The van der Waals surface area contributed by atoms with Crippen LogP contribution < -0.4 is 10.5 Å². The Balaban J connectivity index is 2.22. The maximum absolute atomic E-state index is 5.70. The van der Waals surface area contributed by atoms with E-state index in [9.17, 15) is 0 Å². The van der Waals surface area contributed by atoms with E-state index in [1.54, 1.807) is 7.11 Å². The monoisotopic (exact) mass is 220 g/mol. The molecule has 1 unspecified atom stereocenters. The summed E-state index contributed by atoms with van der Waals surface area (Å²) in [6, 6.07) is 3.93. The molecule has 0 amide bonds. The molecule has 0 saturated carbocycles. The van der Waals surface area contributed by atoms with Gasteiger partial charge < -0.3 is 15.5 Å². The van der Waals surface area contributed by atoms with Gasteiger partial charge in [0.2, 0.25) is 5.88 Å². The van der Waals surface area contributed by atoms with Crippen LogP contribution in [0.2, 0.25) is 0 Å². The van der Waals surface area contributed by atoms with E-state index >= 15 is 0 Å². The molecular formula is C11H16N4O. The molecular weight excluding hydrogens is 204 g/mol. The first-order valence-electron chi connectivity index (χ1n) is 5.34. The lowest BCUT2D eigenvalue weighted by Crippen LogP contribution is -2.15. The number of aromatic nitrogens is 3. The van der Waals surface area contributed by atoms with Crippen molar-refractivity contribution in [2.45, 2.75) is 25.8 Å². The molecule has 0 aliphatic heterocycles. The Morgan fingerprint density at radius 3 is 2.94 bits per heavy atom. The highest BCUT2D eigenvalue weighted by Crippen LogP contribution is 2.14. The Bertz CT molecular complexity index is 478. The molecule has 0 saturated heterocycles. The van der Waals surface area contributed by atoms with Crippen LogP contribution in [0.3, 0.4) is 0 Å². The first-order valence-corrected chi connectivity index (χ1v) is 5.34. The quantitative estimate of drug-likeness (QED) is 0.812. The van der Waals surface area contributed by atoms with Gasteiger partial charge in [0, 0.05) is 18.5 Å². The number of fused-ring (bicyclic) bond motifs is 1. The number of aryl methyl sites for hydroxylation is 1. The molecule has 2 rings (SSSR count). The first kappa shape index (κ1) is 10.9. The number of pyridine rings is 1. The van der Waals surface area contributed by atoms with Gasteiger partial charge in [0.05, 0.1) is 12.6 Å². The number of rotatable bonds is 4. The van der Waals surface area contributed by atoms with E-state index < -0.39 is 0 Å². The fraction of sp³-hybridized carbons (Fsp3) is 0.455. The van der Waals surface area contributed by atoms with Crippen LogP contribution in [0, 0.1) is 0 Å². The van der Waals surface area contributed by atoms with Crippen molar-refractivity contribution in [3.8, 4) is 5.88 Å². The number of nitrogens with one attached hydrogen (secondary N) is 1. The van der Waals surface area contributed by atoms with Gasteiger partial charge in [-0.25, -0.2) is 4.98 Å². The van der Waals surface area contributed by atoms with Crippen LogP contribution in [0.1, 0.15) is 19.2 Å². The number of H-pyrrole nitrogens is 1. The molecule has 0 fully saturated rings. The zero-order valence-corrected chi connectivity index (χ0v) is 9.53. The summed E-state index contributed by atoms with van der Waals surface area (Å²) < 4.78 is 5.04. The third-order valence-corrected chi connectivity index (χ3v) is 2.42. The predicted molar refractivity (Wildman–Crippen MR) is 62.4 cm³/mol. The lowest BCUT2D eigenvalue weighted by Gasteiger charge is -2.00. The molecule has 0 aliphatic carbocycles. The van der Waals surface area contributed by atoms with E-state index in [4.69, 9.17) is 10.5 Å². The highest BCUT2D eigenvalue weighted by atomic mass is 16.5. The molecule has 0 aliphatic rings. The highest BCUT2D eigenvalue weighted by molar-refractivity contribution is 5.71. The average molecular weight is 220 g/mol. The van der Waals surface area contributed by atoms with Gasteiger partial charge in [-0.15, -0.1) is 0 Å². The van der Waals surface area contributed by atoms with Gasteiger partial charge in [0.1, 0.15) is 5.82 Å². The molecule has 1 atom stereocenters. The van der Waals surface area contributed by atoms with Crippen LogP contribution >= 0.6 is 0 Å². The summed E-state index contributed by atoms with van der Waals surface area (Å²) in [6.07, 6.45) is 1.76. The number of imidazole rings is 1. The molecule has 0 radical (unpaired) electrons. The predicted octanol–water partition coefficient (Wildman–Crippen LogP) is 1.25. The Kier molecular flexibility index (Phi) is 3.05. The number of hydrogen-bond acceptors (Lipinski definition) is 4. The average Bonchev–Trinajstić information content (AvgIpc) is 2.67. The fourth-order valence-corrected chi connectivity index (χ4v) is 1.52. The minimum absolute atomic E-state index is 0.190. The zero-order chi connectivity index (χ0) is 11.5. The summed E-state index contributed by atoms with van der Waals surface area (Å²) in [5.41, 5.74) is 7.33. The van der Waals surface area contributed by atoms with Crippen molar-refractivity contribution in [1.82, 2.24) is 15.0 Å². The van der Waals surface area contributed by atoms with Crippen LogP contribution in [-0.2, 0) is 6.42 Å². The molecule has 3 N–H and O–H groups in total. The van der Waals surface area contributed by atoms with Crippen molar-refractivity contribution in [1.29, 1.82) is 0 Å². The number of nitrogens with zero attached hydrogens (tertiary/aromatic N) is 2. The maximum Gasteiger partial charge on any atom is 0.215 e. The molecule has 0 aromatic carbocycles. The summed E-state index contributed by atoms with van der Waals surface area (Å²) >= 11 is 0. The standard InChI is InChI=1S/C11H16N4O/c1-7(12)3-5-9-13-8-4-6-10(16-2)15-11(8)14-9/h4,6-7H,3,5,12H2,1-2H3,(H,13,14,15). The van der Waals surface area contributed by atoms with Crippen molar-refractivity contribution in [3.63, 3.8) is 0 Å². The van der Waals surface area contributed by atoms with E-state index in [1.165, 1.54) is 0 Å². The highest BCUT2D eigenvalue weighted by Gasteiger charge is 2.06. The van der Waals surface area contributed by atoms with Gasteiger partial charge in [-0.05, 0) is 19.4 Å². The van der Waals surface area contributed by atoms with Crippen molar-refractivity contribution in [2.24, 2.45) is 5.73 Å². The molecule has 5 nitrogen and oxygen atoms in total. The summed E-state index contributed by atoms with van der Waals surface area (Å²) in [5, 5.41) is 0. The van der Waals surface area contributed by atoms with Gasteiger partial charge in [0.25, 0.3) is 0 Å². The summed E-state index contributed by atoms with van der Waals surface area (Å²) in [5.74, 6) is 1.51. The molecule has 2 heterocycles. The summed E-state index contributed by atoms with van der Waals surface area (Å²) in [6.45, 7) is 1.99. The lowest BCUT2D eigenvalue weighted by atomic mass is 10.2. The minimum atomic E-state index is 0.190. The van der Waals surface area contributed by atoms with E-state index in [0.29, 0.717) is 11.5 Å². The summed E-state index contributed by atoms with van der Waals surface area (Å²) in [7, 11) is 1.60. The van der Waals surface area contributed by atoms with Crippen LogP contribution in [0.25, 0.3) is 11.2 Å². The SMILES string of the molecule is COc1ccc2[nH]c(CCC(C)N)nc2n1. The number of nitrogens with two attached hydrogens (primary N) is 1. The number of hydrogen-bond donors (Lipinski definition) is 2. The van der Waals surface area contributed by atoms with Crippen LogP contribution in [-0.4, -0.2) is 28.1 Å². The second kappa shape index (κ2) is 4.49. The normalized spacial score (nSPS) is 12.9. The van der Waals surface area contributed by atoms with Gasteiger partial charge in [-0.2, -0.15) is 4.98 Å². The zero-order valence-electron chi connectivity index (χ0n) is 9.53. The largest absolute Gasteiger partial charge is 0.481 e. The molecule has 16 heavy (non-hydrogen) atoms. The molecule has 0 bridgehead atoms. The Morgan fingerprint density at radius 2 is 2.25 bits per heavy atom. The Hall–Kier alpha value is -1.62. The van der Waals surface area contributed by atoms with Crippen LogP contribution in [0.15, 0.2) is 12.1 Å². The van der Waals surface area contributed by atoms with E-state index in [0.717, 1.165) is 24.2 Å². The lowest BCUT2D eigenvalue weighted by molar-refractivity contribution is 0.399. The number of aromatic amines is 1.